The Morgan fingerprint density at radius 2 is 2.08 bits per heavy atom. The van der Waals surface area contributed by atoms with Gasteiger partial charge in [-0.3, -0.25) is 0 Å². The van der Waals surface area contributed by atoms with E-state index >= 15 is 0 Å². The van der Waals surface area contributed by atoms with Crippen molar-refractivity contribution in [1.29, 1.82) is 5.26 Å². The van der Waals surface area contributed by atoms with Crippen molar-refractivity contribution in [2.75, 3.05) is 12.3 Å². The molecule has 0 aliphatic heterocycles. The summed E-state index contributed by atoms with van der Waals surface area (Å²) < 4.78 is 0. The molecule has 1 aromatic carbocycles. The van der Waals surface area contributed by atoms with Crippen molar-refractivity contribution in [3.8, 4) is 6.07 Å². The van der Waals surface area contributed by atoms with Crippen LogP contribution in [0.4, 0.5) is 0 Å². The predicted octanol–water partition coefficient (Wildman–Crippen LogP) is 3.68. The third-order valence-electron chi connectivity index (χ3n) is 4.22. The van der Waals surface area contributed by atoms with Crippen LogP contribution in [0, 0.1) is 11.3 Å². The highest BCUT2D eigenvalue weighted by Gasteiger charge is 2.22. The smallest absolute Gasteiger partial charge is 0.191 e. The maximum atomic E-state index is 8.86. The molecule has 0 amide bonds. The van der Waals surface area contributed by atoms with Crippen molar-refractivity contribution in [2.45, 2.75) is 57.4 Å². The number of benzene rings is 1. The Labute approximate surface area is 150 Å². The highest BCUT2D eigenvalue weighted by Crippen LogP contribution is 2.28. The average Bonchev–Trinajstić information content (AvgIpc) is 2.61. The quantitative estimate of drug-likeness (QED) is 0.610. The van der Waals surface area contributed by atoms with Gasteiger partial charge in [-0.1, -0.05) is 25.5 Å². The molecule has 2 rings (SSSR count). The highest BCUT2D eigenvalue weighted by atomic mass is 32.2. The topological polar surface area (TPSA) is 60.2 Å². The fourth-order valence-corrected chi connectivity index (χ4v) is 4.20. The Morgan fingerprint density at radius 3 is 2.75 bits per heavy atom. The summed E-state index contributed by atoms with van der Waals surface area (Å²) in [7, 11) is 0. The minimum absolute atomic E-state index is 0.515. The second kappa shape index (κ2) is 10.2. The van der Waals surface area contributed by atoms with E-state index in [1.165, 1.54) is 31.4 Å². The van der Waals surface area contributed by atoms with Crippen LogP contribution in [-0.4, -0.2) is 29.5 Å². The van der Waals surface area contributed by atoms with Crippen molar-refractivity contribution in [3.05, 3.63) is 35.4 Å². The van der Waals surface area contributed by atoms with Crippen LogP contribution in [0.15, 0.2) is 29.3 Å². The zero-order valence-corrected chi connectivity index (χ0v) is 15.5. The molecule has 0 aromatic heterocycles. The number of guanidine groups is 1. The van der Waals surface area contributed by atoms with Crippen LogP contribution in [0.2, 0.25) is 0 Å². The number of thioether (sulfide) groups is 1. The Balaban J connectivity index is 1.93. The molecule has 1 saturated carbocycles. The van der Waals surface area contributed by atoms with Gasteiger partial charge in [0, 0.05) is 17.8 Å². The van der Waals surface area contributed by atoms with E-state index in [0.717, 1.165) is 23.3 Å². The molecule has 4 nitrogen and oxygen atoms in total. The standard InChI is InChI=1S/C19H28N4S/c1-3-21-19(22-14-16-10-8-15(13-20)9-11-16)23-17-6-5-7-18(12-17)24-4-2/h8-11,17-18H,3-7,12,14H2,1-2H3,(H2,21,22,23). The Morgan fingerprint density at radius 1 is 1.29 bits per heavy atom. The van der Waals surface area contributed by atoms with E-state index in [1.54, 1.807) is 0 Å². The number of hydrogen-bond acceptors (Lipinski definition) is 3. The highest BCUT2D eigenvalue weighted by molar-refractivity contribution is 7.99. The summed E-state index contributed by atoms with van der Waals surface area (Å²) >= 11 is 2.08. The van der Waals surface area contributed by atoms with Crippen molar-refractivity contribution in [2.24, 2.45) is 4.99 Å². The first-order valence-corrected chi connectivity index (χ1v) is 9.95. The van der Waals surface area contributed by atoms with Gasteiger partial charge in [-0.25, -0.2) is 4.99 Å². The number of aliphatic imine (C=N–C) groups is 1. The van der Waals surface area contributed by atoms with Gasteiger partial charge in [0.25, 0.3) is 0 Å². The van der Waals surface area contributed by atoms with E-state index in [4.69, 9.17) is 10.3 Å². The third-order valence-corrected chi connectivity index (χ3v) is 5.45. The van der Waals surface area contributed by atoms with Gasteiger partial charge < -0.3 is 10.6 Å². The van der Waals surface area contributed by atoms with Crippen LogP contribution < -0.4 is 10.6 Å². The summed E-state index contributed by atoms with van der Waals surface area (Å²) in [5.74, 6) is 2.10. The molecule has 0 spiro atoms. The van der Waals surface area contributed by atoms with Gasteiger partial charge in [0.1, 0.15) is 0 Å². The zero-order chi connectivity index (χ0) is 17.2. The lowest BCUT2D eigenvalue weighted by molar-refractivity contribution is 0.419. The second-order valence-electron chi connectivity index (χ2n) is 6.09. The summed E-state index contributed by atoms with van der Waals surface area (Å²) in [5.41, 5.74) is 1.81. The van der Waals surface area contributed by atoms with Gasteiger partial charge in [-0.05, 0) is 49.6 Å². The number of rotatable bonds is 6. The summed E-state index contributed by atoms with van der Waals surface area (Å²) in [4.78, 5) is 4.71. The molecule has 1 fully saturated rings. The first kappa shape index (κ1) is 18.7. The fraction of sp³-hybridized carbons (Fsp3) is 0.579. The molecule has 2 atom stereocenters. The molecule has 1 aromatic rings. The number of hydrogen-bond donors (Lipinski definition) is 2. The van der Waals surface area contributed by atoms with Crippen LogP contribution >= 0.6 is 11.8 Å². The van der Waals surface area contributed by atoms with Crippen molar-refractivity contribution in [1.82, 2.24) is 10.6 Å². The summed E-state index contributed by atoms with van der Waals surface area (Å²) in [6.07, 6.45) is 5.09. The first-order chi connectivity index (χ1) is 11.7. The van der Waals surface area contributed by atoms with Crippen molar-refractivity contribution >= 4 is 17.7 Å². The van der Waals surface area contributed by atoms with Crippen LogP contribution in [0.25, 0.3) is 0 Å². The Bertz CT molecular complexity index is 560. The maximum absolute atomic E-state index is 8.86. The maximum Gasteiger partial charge on any atom is 0.191 e. The average molecular weight is 345 g/mol. The molecule has 2 unspecified atom stereocenters. The Kier molecular flexibility index (Phi) is 7.97. The van der Waals surface area contributed by atoms with Crippen molar-refractivity contribution in [3.63, 3.8) is 0 Å². The lowest BCUT2D eigenvalue weighted by Crippen LogP contribution is -2.45. The fourth-order valence-electron chi connectivity index (χ4n) is 3.03. The molecule has 5 heteroatoms. The lowest BCUT2D eigenvalue weighted by Gasteiger charge is -2.30. The second-order valence-corrected chi connectivity index (χ2v) is 7.67. The lowest BCUT2D eigenvalue weighted by atomic mass is 9.95. The van der Waals surface area contributed by atoms with Gasteiger partial charge in [-0.15, -0.1) is 0 Å². The number of nitrogens with one attached hydrogen (secondary N) is 2. The molecule has 2 N–H and O–H groups in total. The zero-order valence-electron chi connectivity index (χ0n) is 14.7. The van der Waals surface area contributed by atoms with Gasteiger partial charge in [0.05, 0.1) is 18.2 Å². The van der Waals surface area contributed by atoms with Gasteiger partial charge >= 0.3 is 0 Å². The van der Waals surface area contributed by atoms with Gasteiger partial charge in [0.15, 0.2) is 5.96 Å². The number of nitriles is 1. The van der Waals surface area contributed by atoms with E-state index in [-0.39, 0.29) is 0 Å². The molecular weight excluding hydrogens is 316 g/mol. The van der Waals surface area contributed by atoms with Gasteiger partial charge in [0.2, 0.25) is 0 Å². The molecular formula is C19H28N4S. The monoisotopic (exact) mass is 344 g/mol. The van der Waals surface area contributed by atoms with E-state index in [9.17, 15) is 0 Å². The summed E-state index contributed by atoms with van der Waals surface area (Å²) in [5, 5.41) is 16.6. The molecule has 0 heterocycles. The van der Waals surface area contributed by atoms with Crippen LogP contribution in [0.5, 0.6) is 0 Å². The van der Waals surface area contributed by atoms with E-state index in [1.807, 2.05) is 24.3 Å². The molecule has 0 saturated heterocycles. The molecule has 0 radical (unpaired) electrons. The summed E-state index contributed by atoms with van der Waals surface area (Å²) in [6, 6.07) is 10.3. The minimum Gasteiger partial charge on any atom is -0.357 e. The van der Waals surface area contributed by atoms with Crippen LogP contribution in [0.3, 0.4) is 0 Å². The van der Waals surface area contributed by atoms with E-state index < -0.39 is 0 Å². The first-order valence-electron chi connectivity index (χ1n) is 8.90. The van der Waals surface area contributed by atoms with E-state index in [2.05, 4.69) is 42.3 Å². The Hall–Kier alpha value is -1.67. The molecule has 24 heavy (non-hydrogen) atoms. The van der Waals surface area contributed by atoms with Crippen molar-refractivity contribution < 1.29 is 0 Å². The summed E-state index contributed by atoms with van der Waals surface area (Å²) in [6.45, 7) is 5.82. The minimum atomic E-state index is 0.515. The molecule has 1 aliphatic carbocycles. The molecule has 130 valence electrons. The number of nitrogens with zero attached hydrogens (tertiary/aromatic N) is 2. The van der Waals surface area contributed by atoms with Crippen LogP contribution in [-0.2, 0) is 6.54 Å². The normalized spacial score (nSPS) is 21.1. The predicted molar refractivity (Wildman–Crippen MR) is 103 cm³/mol. The van der Waals surface area contributed by atoms with Gasteiger partial charge in [-0.2, -0.15) is 17.0 Å². The molecule has 0 bridgehead atoms. The third kappa shape index (κ3) is 6.09. The van der Waals surface area contributed by atoms with E-state index in [0.29, 0.717) is 18.2 Å². The van der Waals surface area contributed by atoms with Crippen LogP contribution in [0.1, 0.15) is 50.7 Å². The molecule has 1 aliphatic rings. The largest absolute Gasteiger partial charge is 0.357 e. The SMILES string of the molecule is CCNC(=NCc1ccc(C#N)cc1)NC1CCCC(SCC)C1.